The van der Waals surface area contributed by atoms with Crippen LogP contribution in [0.1, 0.15) is 20.7 Å². The highest BCUT2D eigenvalue weighted by molar-refractivity contribution is 6.10. The molecular formula is C19H16N4O5. The second kappa shape index (κ2) is 7.23. The second-order valence-corrected chi connectivity index (χ2v) is 5.96. The molecule has 0 radical (unpaired) electrons. The minimum Gasteiger partial charge on any atom is -0.505 e. The Hall–Kier alpha value is -4.14. The van der Waals surface area contributed by atoms with Gasteiger partial charge in [0.25, 0.3) is 17.5 Å². The fourth-order valence-electron chi connectivity index (χ4n) is 2.77. The van der Waals surface area contributed by atoms with Crippen LogP contribution < -0.4 is 16.4 Å². The van der Waals surface area contributed by atoms with Crippen LogP contribution in [0.3, 0.4) is 0 Å². The number of nitrogens with two attached hydrogens (primary N) is 1. The summed E-state index contributed by atoms with van der Waals surface area (Å²) in [7, 11) is 1.42. The number of amides is 2. The van der Waals surface area contributed by atoms with E-state index in [1.165, 1.54) is 49.5 Å². The molecule has 142 valence electrons. The first-order valence-electron chi connectivity index (χ1n) is 8.15. The number of carbonyl (C=O) groups excluding carboxylic acids is 2. The maximum absolute atomic E-state index is 12.5. The Morgan fingerprint density at radius 2 is 1.86 bits per heavy atom. The first-order chi connectivity index (χ1) is 13.3. The summed E-state index contributed by atoms with van der Waals surface area (Å²) in [5.41, 5.74) is 6.32. The van der Waals surface area contributed by atoms with Crippen LogP contribution >= 0.6 is 0 Å². The molecule has 0 spiro atoms. The third-order valence-corrected chi connectivity index (χ3v) is 4.20. The van der Waals surface area contributed by atoms with E-state index in [-0.39, 0.29) is 33.9 Å². The molecule has 0 unspecified atom stereocenters. The Labute approximate surface area is 158 Å². The Morgan fingerprint density at radius 1 is 1.11 bits per heavy atom. The summed E-state index contributed by atoms with van der Waals surface area (Å²) < 4.78 is 0. The van der Waals surface area contributed by atoms with Gasteiger partial charge in [-0.1, -0.05) is 12.1 Å². The molecule has 0 atom stereocenters. The van der Waals surface area contributed by atoms with E-state index < -0.39 is 16.7 Å². The van der Waals surface area contributed by atoms with Gasteiger partial charge in [-0.05, 0) is 29.7 Å². The van der Waals surface area contributed by atoms with Crippen LogP contribution in [0.15, 0.2) is 48.5 Å². The SMILES string of the molecule is CNC(=O)c1cc2cc(C(=O)Nc3cccc([N+](=O)[O-])c3)ccc2c(N)c1O. The zero-order valence-corrected chi connectivity index (χ0v) is 14.7. The molecule has 3 aromatic carbocycles. The maximum Gasteiger partial charge on any atom is 0.271 e. The highest BCUT2D eigenvalue weighted by atomic mass is 16.6. The number of fused-ring (bicyclic) bond motifs is 1. The third kappa shape index (κ3) is 3.40. The van der Waals surface area contributed by atoms with Crippen molar-refractivity contribution in [1.29, 1.82) is 0 Å². The molecule has 0 aliphatic heterocycles. The number of rotatable bonds is 4. The largest absolute Gasteiger partial charge is 0.505 e. The number of aromatic hydroxyl groups is 1. The van der Waals surface area contributed by atoms with Crippen molar-refractivity contribution in [3.63, 3.8) is 0 Å². The highest BCUT2D eigenvalue weighted by Crippen LogP contribution is 2.34. The van der Waals surface area contributed by atoms with E-state index in [1.807, 2.05) is 0 Å². The average molecular weight is 380 g/mol. The number of nitro groups is 1. The summed E-state index contributed by atoms with van der Waals surface area (Å²) in [6.07, 6.45) is 0. The fourth-order valence-corrected chi connectivity index (χ4v) is 2.77. The molecule has 3 rings (SSSR count). The number of nitrogen functional groups attached to an aromatic ring is 1. The van der Waals surface area contributed by atoms with Crippen molar-refractivity contribution in [3.05, 3.63) is 69.8 Å². The fraction of sp³-hybridized carbons (Fsp3) is 0.0526. The first kappa shape index (κ1) is 18.6. The number of nitro benzene ring substituents is 1. The molecule has 2 amide bonds. The predicted molar refractivity (Wildman–Crippen MR) is 104 cm³/mol. The number of hydrogen-bond donors (Lipinski definition) is 4. The minimum atomic E-state index is -0.554. The Bertz CT molecular complexity index is 1130. The number of anilines is 2. The van der Waals surface area contributed by atoms with Crippen molar-refractivity contribution in [1.82, 2.24) is 5.32 Å². The lowest BCUT2D eigenvalue weighted by atomic mass is 10.0. The van der Waals surface area contributed by atoms with E-state index >= 15 is 0 Å². The quantitative estimate of drug-likeness (QED) is 0.237. The number of hydrogen-bond acceptors (Lipinski definition) is 6. The number of carbonyl (C=O) groups is 2. The standard InChI is InChI=1S/C19H16N4O5/c1-21-19(26)15-8-11-7-10(5-6-14(11)16(20)17(15)24)18(25)22-12-3-2-4-13(9-12)23(27)28/h2-9,24H,20H2,1H3,(H,21,26)(H,22,25). The summed E-state index contributed by atoms with van der Waals surface area (Å²) in [5.74, 6) is -1.34. The van der Waals surface area contributed by atoms with E-state index in [9.17, 15) is 24.8 Å². The van der Waals surface area contributed by atoms with Gasteiger partial charge in [-0.2, -0.15) is 0 Å². The molecule has 28 heavy (non-hydrogen) atoms. The number of nitrogens with zero attached hydrogens (tertiary/aromatic N) is 1. The summed E-state index contributed by atoms with van der Waals surface area (Å²) in [4.78, 5) is 34.7. The smallest absolute Gasteiger partial charge is 0.271 e. The highest BCUT2D eigenvalue weighted by Gasteiger charge is 2.17. The summed E-state index contributed by atoms with van der Waals surface area (Å²) in [5, 5.41) is 26.9. The molecule has 0 aromatic heterocycles. The van der Waals surface area contributed by atoms with Gasteiger partial charge in [-0.25, -0.2) is 0 Å². The van der Waals surface area contributed by atoms with Gasteiger partial charge in [0.15, 0.2) is 5.75 Å². The summed E-state index contributed by atoms with van der Waals surface area (Å²) in [6, 6.07) is 11.6. The molecule has 0 bridgehead atoms. The monoisotopic (exact) mass is 380 g/mol. The van der Waals surface area contributed by atoms with E-state index in [4.69, 9.17) is 5.73 Å². The van der Waals surface area contributed by atoms with E-state index in [0.717, 1.165) is 0 Å². The zero-order valence-electron chi connectivity index (χ0n) is 14.7. The van der Waals surface area contributed by atoms with Crippen molar-refractivity contribution >= 4 is 39.6 Å². The number of phenolic OH excluding ortho intramolecular Hbond substituents is 1. The van der Waals surface area contributed by atoms with Gasteiger partial charge in [-0.15, -0.1) is 0 Å². The van der Waals surface area contributed by atoms with Gasteiger partial charge in [0.1, 0.15) is 0 Å². The Balaban J connectivity index is 1.98. The molecule has 9 heteroatoms. The van der Waals surface area contributed by atoms with Crippen LogP contribution in [0.4, 0.5) is 17.1 Å². The molecule has 0 aliphatic rings. The predicted octanol–water partition coefficient (Wildman–Crippen LogP) is 2.65. The molecule has 0 saturated heterocycles. The third-order valence-electron chi connectivity index (χ3n) is 4.20. The van der Waals surface area contributed by atoms with Crippen LogP contribution in [-0.2, 0) is 0 Å². The molecule has 3 aromatic rings. The van der Waals surface area contributed by atoms with Gasteiger partial charge in [-0.3, -0.25) is 19.7 Å². The van der Waals surface area contributed by atoms with Gasteiger partial charge in [0.05, 0.1) is 16.2 Å². The van der Waals surface area contributed by atoms with Gasteiger partial charge in [0.2, 0.25) is 0 Å². The topological polar surface area (TPSA) is 148 Å². The second-order valence-electron chi connectivity index (χ2n) is 5.96. The molecular weight excluding hydrogens is 364 g/mol. The maximum atomic E-state index is 12.5. The lowest BCUT2D eigenvalue weighted by Gasteiger charge is -2.11. The van der Waals surface area contributed by atoms with Crippen molar-refractivity contribution in [3.8, 4) is 5.75 Å². The van der Waals surface area contributed by atoms with Crippen LogP contribution in [-0.4, -0.2) is 28.9 Å². The van der Waals surface area contributed by atoms with Crippen LogP contribution in [0.25, 0.3) is 10.8 Å². The number of nitrogens with one attached hydrogen (secondary N) is 2. The van der Waals surface area contributed by atoms with Crippen LogP contribution in [0.5, 0.6) is 5.75 Å². The summed E-state index contributed by atoms with van der Waals surface area (Å²) in [6.45, 7) is 0. The number of benzene rings is 3. The average Bonchev–Trinajstić information content (AvgIpc) is 2.69. The molecule has 0 aliphatic carbocycles. The van der Waals surface area contributed by atoms with Crippen LogP contribution in [0.2, 0.25) is 0 Å². The first-order valence-corrected chi connectivity index (χ1v) is 8.15. The van der Waals surface area contributed by atoms with Gasteiger partial charge in [0, 0.05) is 35.8 Å². The normalized spacial score (nSPS) is 10.5. The van der Waals surface area contributed by atoms with E-state index in [0.29, 0.717) is 10.8 Å². The molecule has 0 heterocycles. The number of non-ortho nitro benzene ring substituents is 1. The van der Waals surface area contributed by atoms with Crippen LogP contribution in [0, 0.1) is 10.1 Å². The van der Waals surface area contributed by atoms with Gasteiger partial charge < -0.3 is 21.5 Å². The summed E-state index contributed by atoms with van der Waals surface area (Å²) >= 11 is 0. The van der Waals surface area contributed by atoms with E-state index in [2.05, 4.69) is 10.6 Å². The molecule has 5 N–H and O–H groups in total. The minimum absolute atomic E-state index is 0.0104. The van der Waals surface area contributed by atoms with Crippen molar-refractivity contribution in [2.75, 3.05) is 18.1 Å². The molecule has 0 saturated carbocycles. The van der Waals surface area contributed by atoms with Crippen molar-refractivity contribution in [2.45, 2.75) is 0 Å². The lowest BCUT2D eigenvalue weighted by molar-refractivity contribution is -0.384. The molecule has 0 fully saturated rings. The van der Waals surface area contributed by atoms with E-state index in [1.54, 1.807) is 6.07 Å². The van der Waals surface area contributed by atoms with Gasteiger partial charge >= 0.3 is 0 Å². The van der Waals surface area contributed by atoms with Crippen molar-refractivity contribution in [2.24, 2.45) is 0 Å². The Kier molecular flexibility index (Phi) is 4.82. The number of phenols is 1. The molecule has 9 nitrogen and oxygen atoms in total. The lowest BCUT2D eigenvalue weighted by Crippen LogP contribution is -2.18. The Morgan fingerprint density at radius 3 is 2.54 bits per heavy atom. The van der Waals surface area contributed by atoms with Crippen molar-refractivity contribution < 1.29 is 19.6 Å². The zero-order chi connectivity index (χ0) is 20.4.